The summed E-state index contributed by atoms with van der Waals surface area (Å²) in [5, 5.41) is 26.7. The summed E-state index contributed by atoms with van der Waals surface area (Å²) >= 11 is 0.846. The molecule has 8 rings (SSSR count). The highest BCUT2D eigenvalue weighted by Crippen LogP contribution is 2.41. The van der Waals surface area contributed by atoms with E-state index < -0.39 is 60.3 Å². The van der Waals surface area contributed by atoms with E-state index in [4.69, 9.17) is 29.5 Å². The van der Waals surface area contributed by atoms with Crippen LogP contribution < -0.4 is 18.9 Å². The van der Waals surface area contributed by atoms with Gasteiger partial charge in [-0.2, -0.15) is 16.8 Å². The van der Waals surface area contributed by atoms with E-state index in [1.807, 2.05) is 30.3 Å². The summed E-state index contributed by atoms with van der Waals surface area (Å²) in [4.78, 5) is -2.35. The van der Waals surface area contributed by atoms with Crippen LogP contribution in [0.4, 0.5) is 0 Å². The molecule has 0 spiro atoms. The maximum atomic E-state index is 13.6. The number of methoxy groups -OCH3 is 1. The second-order valence-corrected chi connectivity index (χ2v) is 23.9. The van der Waals surface area contributed by atoms with Crippen LogP contribution in [0.5, 0.6) is 34.5 Å². The standard InChI is InChI=1S/C49H38O20S6/c1-30-3-14-41(27-46(30)70-68-66-50)73(54,55)42-19-22-45(49(28-42)75(59,60)61)65-43-20-8-34(25-47(43)71-69-67-51)35-9-21-44(48(26-35)74(56,57)58)63-29-31-4-15-39(16-5-31)72(52,53)40-17-12-36(13-18-40)64-38-11-7-32-23-37(62-2)10-6-33(32)24-38/h3-28,50-51H,29H2,1-2H3,(H,56,57,58)(H,59,60,61). The van der Waals surface area contributed by atoms with Crippen molar-refractivity contribution in [3.8, 4) is 45.6 Å². The van der Waals surface area contributed by atoms with Crippen LogP contribution in [-0.4, -0.2) is 60.4 Å². The molecule has 0 unspecified atom stereocenters. The van der Waals surface area contributed by atoms with Crippen molar-refractivity contribution in [1.29, 1.82) is 0 Å². The lowest BCUT2D eigenvalue weighted by molar-refractivity contribution is -0.432. The highest BCUT2D eigenvalue weighted by Gasteiger charge is 2.27. The van der Waals surface area contributed by atoms with Crippen LogP contribution in [0.1, 0.15) is 11.1 Å². The Bertz CT molecular complexity index is 3890. The Kier molecular flexibility index (Phi) is 16.5. The third kappa shape index (κ3) is 12.7. The van der Waals surface area contributed by atoms with Crippen LogP contribution in [0, 0.1) is 6.92 Å². The molecule has 4 N–H and O–H groups in total. The minimum atomic E-state index is -5.19. The molecule has 0 saturated carbocycles. The lowest BCUT2D eigenvalue weighted by Crippen LogP contribution is -2.07. The van der Waals surface area contributed by atoms with Gasteiger partial charge in [0.1, 0.15) is 50.9 Å². The van der Waals surface area contributed by atoms with E-state index in [1.165, 1.54) is 97.1 Å². The first-order chi connectivity index (χ1) is 35.7. The second kappa shape index (κ2) is 22.7. The second-order valence-electron chi connectivity index (χ2n) is 15.8. The van der Waals surface area contributed by atoms with Gasteiger partial charge in [-0.1, -0.05) is 52.5 Å². The van der Waals surface area contributed by atoms with Crippen molar-refractivity contribution in [2.75, 3.05) is 7.11 Å². The molecule has 20 nitrogen and oxygen atoms in total. The van der Waals surface area contributed by atoms with Gasteiger partial charge >= 0.3 is 0 Å². The van der Waals surface area contributed by atoms with Crippen molar-refractivity contribution in [2.45, 2.75) is 52.7 Å². The van der Waals surface area contributed by atoms with Gasteiger partial charge in [0, 0.05) is 4.90 Å². The predicted molar refractivity (Wildman–Crippen MR) is 269 cm³/mol. The van der Waals surface area contributed by atoms with Gasteiger partial charge in [0.15, 0.2) is 0 Å². The Hall–Kier alpha value is -6.60. The molecule has 8 aromatic carbocycles. The van der Waals surface area contributed by atoms with E-state index in [2.05, 4.69) is 18.7 Å². The number of rotatable bonds is 21. The largest absolute Gasteiger partial charge is 0.497 e. The zero-order chi connectivity index (χ0) is 53.7. The van der Waals surface area contributed by atoms with E-state index >= 15 is 0 Å². The molecule has 0 fully saturated rings. The number of ether oxygens (including phenoxy) is 4. The first-order valence-corrected chi connectivity index (χ1v) is 28.5. The smallest absolute Gasteiger partial charge is 0.298 e. The number of aryl methyl sites for hydroxylation is 1. The summed E-state index contributed by atoms with van der Waals surface area (Å²) in [7, 11) is -17.0. The van der Waals surface area contributed by atoms with Crippen LogP contribution in [0.25, 0.3) is 21.9 Å². The van der Waals surface area contributed by atoms with Crippen LogP contribution in [0.3, 0.4) is 0 Å². The van der Waals surface area contributed by atoms with E-state index in [0.29, 0.717) is 52.8 Å². The Labute approximate surface area is 437 Å². The highest BCUT2D eigenvalue weighted by atomic mass is 32.2. The lowest BCUT2D eigenvalue weighted by Gasteiger charge is -2.16. The van der Waals surface area contributed by atoms with Gasteiger partial charge in [0.2, 0.25) is 19.7 Å². The third-order valence-corrected chi connectivity index (χ3v) is 17.7. The molecule has 0 aliphatic rings. The zero-order valence-corrected chi connectivity index (χ0v) is 43.4. The van der Waals surface area contributed by atoms with Gasteiger partial charge in [-0.15, -0.1) is 8.67 Å². The fourth-order valence-electron chi connectivity index (χ4n) is 7.26. The molecule has 0 amide bonds. The molecule has 26 heteroatoms. The molecular weight excluding hydrogens is 1100 g/mol. The normalized spacial score (nSPS) is 12.1. The van der Waals surface area contributed by atoms with Crippen molar-refractivity contribution >= 4 is 74.8 Å². The number of hydrogen-bond donors (Lipinski definition) is 4. The molecule has 0 aromatic heterocycles. The average molecular weight is 1140 g/mol. The molecule has 0 aliphatic carbocycles. The molecule has 0 saturated heterocycles. The van der Waals surface area contributed by atoms with Crippen LogP contribution in [0.2, 0.25) is 0 Å². The zero-order valence-electron chi connectivity index (χ0n) is 38.5. The van der Waals surface area contributed by atoms with Crippen LogP contribution in [-0.2, 0) is 65.3 Å². The van der Waals surface area contributed by atoms with Crippen molar-refractivity contribution < 1.29 is 91.0 Å². The lowest BCUT2D eigenvalue weighted by atomic mass is 10.1. The van der Waals surface area contributed by atoms with E-state index in [1.54, 1.807) is 20.1 Å². The van der Waals surface area contributed by atoms with Gasteiger partial charge in [-0.3, -0.25) is 9.11 Å². The van der Waals surface area contributed by atoms with Gasteiger partial charge < -0.3 is 18.9 Å². The van der Waals surface area contributed by atoms with E-state index in [0.717, 1.165) is 34.7 Å². The summed E-state index contributed by atoms with van der Waals surface area (Å²) in [5.41, 5.74) is 1.38. The summed E-state index contributed by atoms with van der Waals surface area (Å²) < 4.78 is 158. The molecule has 0 atom stereocenters. The fraction of sp³-hybridized carbons (Fsp3) is 0.0612. The predicted octanol–water partition coefficient (Wildman–Crippen LogP) is 11.0. The number of fused-ring (bicyclic) bond motifs is 1. The number of hydrogen-bond acceptors (Lipinski definition) is 20. The highest BCUT2D eigenvalue weighted by molar-refractivity contribution is 7.95. The topological polar surface area (TPSA) is 291 Å². The first-order valence-electron chi connectivity index (χ1n) is 21.2. The number of benzene rings is 8. The molecule has 0 heterocycles. The van der Waals surface area contributed by atoms with E-state index in [-0.39, 0.29) is 53.7 Å². The van der Waals surface area contributed by atoms with E-state index in [9.17, 15) is 42.8 Å². The Balaban J connectivity index is 0.978. The molecule has 390 valence electrons. The summed E-state index contributed by atoms with van der Waals surface area (Å²) in [5.74, 6) is 0.648. The maximum absolute atomic E-state index is 13.6. The fourth-order valence-corrected chi connectivity index (χ4v) is 12.2. The number of sulfone groups is 2. The minimum absolute atomic E-state index is 0.00859. The Morgan fingerprint density at radius 2 is 0.947 bits per heavy atom. The molecule has 75 heavy (non-hydrogen) atoms. The molecular formula is C49H38O20S6. The SMILES string of the molecule is COc1ccc2cc(Oc3ccc(S(=O)(=O)c4ccc(COc5ccc(-c6ccc(Oc7ccc(S(=O)(=O)c8ccc(C)c(SOOO)c8)cc7S(=O)(=O)O)c(SOOO)c6)cc5S(=O)(=O)O)cc4)cc3)ccc2c1. The molecule has 0 aliphatic heterocycles. The molecule has 8 aromatic rings. The van der Waals surface area contributed by atoms with Gasteiger partial charge in [-0.05, 0) is 155 Å². The molecule has 0 bridgehead atoms. The molecule has 0 radical (unpaired) electrons. The maximum Gasteiger partial charge on any atom is 0.298 e. The van der Waals surface area contributed by atoms with Crippen LogP contribution in [0.15, 0.2) is 197 Å². The summed E-state index contributed by atoms with van der Waals surface area (Å²) in [6.45, 7) is 1.36. The van der Waals surface area contributed by atoms with Gasteiger partial charge in [0.25, 0.3) is 20.2 Å². The Morgan fingerprint density at radius 3 is 1.57 bits per heavy atom. The van der Waals surface area contributed by atoms with Crippen molar-refractivity contribution in [3.63, 3.8) is 0 Å². The summed E-state index contributed by atoms with van der Waals surface area (Å²) in [6, 6.07) is 37.0. The monoisotopic (exact) mass is 1140 g/mol. The third-order valence-electron chi connectivity index (χ3n) is 11.0. The van der Waals surface area contributed by atoms with Crippen molar-refractivity contribution in [1.82, 2.24) is 0 Å². The quantitative estimate of drug-likeness (QED) is 0.0225. The van der Waals surface area contributed by atoms with Crippen molar-refractivity contribution in [3.05, 3.63) is 169 Å². The van der Waals surface area contributed by atoms with Crippen LogP contribution >= 0.6 is 24.1 Å². The van der Waals surface area contributed by atoms with Gasteiger partial charge in [0.05, 0.1) is 55.7 Å². The summed E-state index contributed by atoms with van der Waals surface area (Å²) in [6.07, 6.45) is 0. The van der Waals surface area contributed by atoms with Gasteiger partial charge in [-0.25, -0.2) is 27.4 Å². The Morgan fingerprint density at radius 1 is 0.453 bits per heavy atom. The van der Waals surface area contributed by atoms with Crippen molar-refractivity contribution in [2.24, 2.45) is 0 Å². The minimum Gasteiger partial charge on any atom is -0.497 e. The first kappa shape index (κ1) is 54.7. The average Bonchev–Trinajstić information content (AvgIpc) is 3.39.